The second-order valence-electron chi connectivity index (χ2n) is 6.91. The van der Waals surface area contributed by atoms with Gasteiger partial charge in [-0.25, -0.2) is 4.68 Å². The van der Waals surface area contributed by atoms with Crippen LogP contribution in [0.5, 0.6) is 17.2 Å². The van der Waals surface area contributed by atoms with Crippen LogP contribution in [-0.4, -0.2) is 35.5 Å². The van der Waals surface area contributed by atoms with Crippen molar-refractivity contribution in [1.82, 2.24) is 9.78 Å². The largest absolute Gasteiger partial charge is 0.490 e. The normalized spacial score (nSPS) is 10.6. The number of hydrogen-bond acceptors (Lipinski definition) is 5. The van der Waals surface area contributed by atoms with Gasteiger partial charge in [0, 0.05) is 11.6 Å². The van der Waals surface area contributed by atoms with Gasteiger partial charge in [-0.15, -0.1) is 0 Å². The summed E-state index contributed by atoms with van der Waals surface area (Å²) in [6.45, 7) is 9.61. The SMILES string of the molecule is CCOc1cc(C(=O)Nc2ccnn2Cc2ccc(C)cc2)cc(OCC)c1OCC. The molecule has 1 amide bonds. The molecule has 0 aliphatic rings. The molecule has 0 unspecified atom stereocenters. The van der Waals surface area contributed by atoms with Gasteiger partial charge in [0.25, 0.3) is 5.91 Å². The Morgan fingerprint density at radius 2 is 1.55 bits per heavy atom. The fraction of sp³-hybridized carbons (Fsp3) is 0.333. The zero-order valence-electron chi connectivity index (χ0n) is 18.5. The first kappa shape index (κ1) is 22.2. The topological polar surface area (TPSA) is 74.6 Å². The highest BCUT2D eigenvalue weighted by Gasteiger charge is 2.19. The highest BCUT2D eigenvalue weighted by molar-refractivity contribution is 6.04. The second-order valence-corrected chi connectivity index (χ2v) is 6.91. The van der Waals surface area contributed by atoms with Crippen molar-refractivity contribution >= 4 is 11.7 Å². The number of ether oxygens (including phenoxy) is 3. The number of amides is 1. The summed E-state index contributed by atoms with van der Waals surface area (Å²) >= 11 is 0. The summed E-state index contributed by atoms with van der Waals surface area (Å²) in [7, 11) is 0. The van der Waals surface area contributed by atoms with E-state index < -0.39 is 0 Å². The molecule has 7 heteroatoms. The van der Waals surface area contributed by atoms with Crippen LogP contribution in [0.3, 0.4) is 0 Å². The fourth-order valence-electron chi connectivity index (χ4n) is 3.14. The molecule has 0 aliphatic carbocycles. The van der Waals surface area contributed by atoms with E-state index in [9.17, 15) is 4.79 Å². The van der Waals surface area contributed by atoms with Crippen molar-refractivity contribution in [3.05, 3.63) is 65.4 Å². The highest BCUT2D eigenvalue weighted by atomic mass is 16.5. The van der Waals surface area contributed by atoms with Crippen LogP contribution < -0.4 is 19.5 Å². The molecule has 3 aromatic rings. The van der Waals surface area contributed by atoms with E-state index in [-0.39, 0.29) is 5.91 Å². The number of nitrogens with zero attached hydrogens (tertiary/aromatic N) is 2. The van der Waals surface area contributed by atoms with E-state index in [1.807, 2.05) is 27.7 Å². The Bertz CT molecular complexity index is 985. The predicted octanol–water partition coefficient (Wildman–Crippen LogP) is 4.69. The number of hydrogen-bond donors (Lipinski definition) is 1. The minimum atomic E-state index is -0.282. The van der Waals surface area contributed by atoms with E-state index in [0.717, 1.165) is 5.56 Å². The van der Waals surface area contributed by atoms with E-state index >= 15 is 0 Å². The average molecular weight is 424 g/mol. The quantitative estimate of drug-likeness (QED) is 0.512. The van der Waals surface area contributed by atoms with Gasteiger partial charge in [0.15, 0.2) is 11.5 Å². The number of anilines is 1. The second kappa shape index (κ2) is 10.5. The summed E-state index contributed by atoms with van der Waals surface area (Å²) in [4.78, 5) is 13.0. The van der Waals surface area contributed by atoms with Gasteiger partial charge in [-0.1, -0.05) is 29.8 Å². The van der Waals surface area contributed by atoms with Gasteiger partial charge in [0.05, 0.1) is 32.6 Å². The zero-order valence-corrected chi connectivity index (χ0v) is 18.5. The van der Waals surface area contributed by atoms with Gasteiger partial charge in [0.2, 0.25) is 5.75 Å². The number of carbonyl (C=O) groups excluding carboxylic acids is 1. The van der Waals surface area contributed by atoms with Crippen molar-refractivity contribution in [3.8, 4) is 17.2 Å². The first-order valence-electron chi connectivity index (χ1n) is 10.5. The molecule has 31 heavy (non-hydrogen) atoms. The number of aromatic nitrogens is 2. The summed E-state index contributed by atoms with van der Waals surface area (Å²) in [6.07, 6.45) is 1.67. The predicted molar refractivity (Wildman–Crippen MR) is 120 cm³/mol. The number of aryl methyl sites for hydroxylation is 1. The van der Waals surface area contributed by atoms with Crippen molar-refractivity contribution < 1.29 is 19.0 Å². The molecule has 0 atom stereocenters. The number of rotatable bonds is 10. The lowest BCUT2D eigenvalue weighted by molar-refractivity contribution is 0.102. The standard InChI is InChI=1S/C24H29N3O4/c1-5-29-20-14-19(15-21(30-6-2)23(20)31-7-3)24(28)26-22-12-13-25-27(22)16-18-10-8-17(4)9-11-18/h8-15H,5-7,16H2,1-4H3,(H,26,28). The average Bonchev–Trinajstić information content (AvgIpc) is 3.18. The summed E-state index contributed by atoms with van der Waals surface area (Å²) in [5, 5.41) is 7.28. The van der Waals surface area contributed by atoms with Gasteiger partial charge < -0.3 is 19.5 Å². The lowest BCUT2D eigenvalue weighted by atomic mass is 10.1. The summed E-state index contributed by atoms with van der Waals surface area (Å²) in [5.74, 6) is 1.79. The molecule has 164 valence electrons. The molecular weight excluding hydrogens is 394 g/mol. The van der Waals surface area contributed by atoms with Crippen molar-refractivity contribution in [2.75, 3.05) is 25.1 Å². The van der Waals surface area contributed by atoms with Crippen LogP contribution in [0, 0.1) is 6.92 Å². The molecule has 0 spiro atoms. The molecule has 2 aromatic carbocycles. The Kier molecular flexibility index (Phi) is 7.54. The minimum Gasteiger partial charge on any atom is -0.490 e. The van der Waals surface area contributed by atoms with Crippen LogP contribution in [0.25, 0.3) is 0 Å². The Morgan fingerprint density at radius 3 is 2.13 bits per heavy atom. The van der Waals surface area contributed by atoms with Gasteiger partial charge >= 0.3 is 0 Å². The first-order valence-corrected chi connectivity index (χ1v) is 10.5. The third-order valence-corrected chi connectivity index (χ3v) is 4.58. The fourth-order valence-corrected chi connectivity index (χ4v) is 3.14. The molecule has 1 N–H and O–H groups in total. The molecular formula is C24H29N3O4. The third kappa shape index (κ3) is 5.57. The molecule has 0 saturated heterocycles. The highest BCUT2D eigenvalue weighted by Crippen LogP contribution is 2.39. The Labute approximate surface area is 182 Å². The first-order chi connectivity index (χ1) is 15.0. The van der Waals surface area contributed by atoms with Gasteiger partial charge in [-0.3, -0.25) is 4.79 Å². The van der Waals surface area contributed by atoms with Crippen molar-refractivity contribution in [2.45, 2.75) is 34.2 Å². The van der Waals surface area contributed by atoms with Gasteiger partial charge in [-0.05, 0) is 45.4 Å². The molecule has 7 nitrogen and oxygen atoms in total. The Balaban J connectivity index is 1.85. The Hall–Kier alpha value is -3.48. The molecule has 0 fully saturated rings. The molecule has 0 saturated carbocycles. The molecule has 0 aliphatic heterocycles. The van der Waals surface area contributed by atoms with Gasteiger partial charge in [0.1, 0.15) is 5.82 Å². The lowest BCUT2D eigenvalue weighted by Crippen LogP contribution is -2.17. The maximum atomic E-state index is 13.0. The smallest absolute Gasteiger partial charge is 0.257 e. The van der Waals surface area contributed by atoms with E-state index in [1.54, 1.807) is 29.1 Å². The third-order valence-electron chi connectivity index (χ3n) is 4.58. The maximum absolute atomic E-state index is 13.0. The zero-order chi connectivity index (χ0) is 22.2. The van der Waals surface area contributed by atoms with Crippen LogP contribution in [-0.2, 0) is 6.54 Å². The monoisotopic (exact) mass is 423 g/mol. The van der Waals surface area contributed by atoms with Crippen LogP contribution in [0.4, 0.5) is 5.82 Å². The van der Waals surface area contributed by atoms with E-state index in [0.29, 0.717) is 55.0 Å². The number of nitrogens with one attached hydrogen (secondary N) is 1. The van der Waals surface area contributed by atoms with Crippen molar-refractivity contribution in [1.29, 1.82) is 0 Å². The lowest BCUT2D eigenvalue weighted by Gasteiger charge is -2.17. The van der Waals surface area contributed by atoms with Crippen LogP contribution in [0.2, 0.25) is 0 Å². The molecule has 1 heterocycles. The summed E-state index contributed by atoms with van der Waals surface area (Å²) < 4.78 is 18.9. The molecule has 0 radical (unpaired) electrons. The van der Waals surface area contributed by atoms with E-state index in [4.69, 9.17) is 14.2 Å². The van der Waals surface area contributed by atoms with Crippen molar-refractivity contribution in [2.24, 2.45) is 0 Å². The van der Waals surface area contributed by atoms with Crippen LogP contribution >= 0.6 is 0 Å². The van der Waals surface area contributed by atoms with Gasteiger partial charge in [-0.2, -0.15) is 5.10 Å². The summed E-state index contributed by atoms with van der Waals surface area (Å²) in [5.41, 5.74) is 2.71. The minimum absolute atomic E-state index is 0.282. The van der Waals surface area contributed by atoms with E-state index in [2.05, 4.69) is 34.7 Å². The summed E-state index contributed by atoms with van der Waals surface area (Å²) in [6, 6.07) is 13.3. The van der Waals surface area contributed by atoms with Crippen LogP contribution in [0.15, 0.2) is 48.7 Å². The number of benzene rings is 2. The van der Waals surface area contributed by atoms with Crippen LogP contribution in [0.1, 0.15) is 42.3 Å². The molecule has 3 rings (SSSR count). The Morgan fingerprint density at radius 1 is 0.935 bits per heavy atom. The van der Waals surface area contributed by atoms with E-state index in [1.165, 1.54) is 5.56 Å². The molecule has 1 aromatic heterocycles. The maximum Gasteiger partial charge on any atom is 0.257 e. The van der Waals surface area contributed by atoms with Crippen molar-refractivity contribution in [3.63, 3.8) is 0 Å². The molecule has 0 bridgehead atoms. The number of carbonyl (C=O) groups is 1.